The van der Waals surface area contributed by atoms with Crippen LogP contribution >= 0.6 is 11.6 Å². The van der Waals surface area contributed by atoms with Gasteiger partial charge in [0.2, 0.25) is 0 Å². The quantitative estimate of drug-likeness (QED) is 0.479. The molecule has 2 N–H and O–H groups in total. The molecular weight excluding hydrogens is 407 g/mol. The number of cyclic esters (lactones) is 1. The summed E-state index contributed by atoms with van der Waals surface area (Å²) < 4.78 is 19.0. The van der Waals surface area contributed by atoms with Crippen molar-refractivity contribution in [3.63, 3.8) is 0 Å². The maximum absolute atomic E-state index is 13.5. The monoisotopic (exact) mass is 422 g/mol. The van der Waals surface area contributed by atoms with Crippen LogP contribution in [0.4, 0.5) is 14.9 Å². The van der Waals surface area contributed by atoms with Crippen LogP contribution in [-0.4, -0.2) is 27.4 Å². The molecule has 0 saturated carbocycles. The summed E-state index contributed by atoms with van der Waals surface area (Å²) in [6, 6.07) is 12.2. The molecule has 1 amide bonds. The van der Waals surface area contributed by atoms with Crippen molar-refractivity contribution in [1.29, 1.82) is 0 Å². The van der Waals surface area contributed by atoms with Gasteiger partial charge < -0.3 is 4.74 Å². The Hall–Kier alpha value is -3.45. The van der Waals surface area contributed by atoms with E-state index in [1.807, 2.05) is 24.3 Å². The zero-order valence-electron chi connectivity index (χ0n) is 15.7. The van der Waals surface area contributed by atoms with Crippen LogP contribution in [0.5, 0.6) is 0 Å². The van der Waals surface area contributed by atoms with Crippen LogP contribution in [0.25, 0.3) is 22.2 Å². The van der Waals surface area contributed by atoms with Gasteiger partial charge in [-0.3, -0.25) is 15.4 Å². The Bertz CT molecular complexity index is 1260. The number of aromatic amines is 1. The number of anilines is 1. The summed E-state index contributed by atoms with van der Waals surface area (Å²) in [6.45, 7) is 0. The predicted octanol–water partition coefficient (Wildman–Crippen LogP) is 5.13. The molecule has 0 aliphatic carbocycles. The summed E-state index contributed by atoms with van der Waals surface area (Å²) in [7, 11) is 0. The lowest BCUT2D eigenvalue weighted by atomic mass is 9.98. The van der Waals surface area contributed by atoms with Gasteiger partial charge in [-0.2, -0.15) is 5.10 Å². The Labute approximate surface area is 176 Å². The number of H-pyrrole nitrogens is 1. The minimum Gasteiger partial charge on any atom is -0.445 e. The number of ether oxygens (including phenoxy) is 1. The Balaban J connectivity index is 1.51. The van der Waals surface area contributed by atoms with E-state index in [1.54, 1.807) is 24.5 Å². The summed E-state index contributed by atoms with van der Waals surface area (Å²) in [5, 5.41) is 11.2. The number of carbonyl (C=O) groups is 1. The summed E-state index contributed by atoms with van der Waals surface area (Å²) in [5.74, 6) is -0.476. The highest BCUT2D eigenvalue weighted by molar-refractivity contribution is 6.30. The number of carbonyl (C=O) groups excluding carboxylic acids is 1. The molecule has 30 heavy (non-hydrogen) atoms. The fraction of sp³-hybridized carbons (Fsp3) is 0.136. The second-order valence-electron chi connectivity index (χ2n) is 7.17. The Kier molecular flexibility index (Phi) is 4.59. The van der Waals surface area contributed by atoms with E-state index in [0.29, 0.717) is 18.5 Å². The number of hydrogen-bond acceptors (Lipinski definition) is 4. The van der Waals surface area contributed by atoms with Crippen LogP contribution in [-0.2, 0) is 17.6 Å². The first-order chi connectivity index (χ1) is 14.6. The molecule has 3 heterocycles. The van der Waals surface area contributed by atoms with Gasteiger partial charge in [-0.05, 0) is 47.5 Å². The molecule has 1 aliphatic heterocycles. The van der Waals surface area contributed by atoms with E-state index >= 15 is 0 Å². The molecule has 0 fully saturated rings. The number of halogens is 2. The maximum atomic E-state index is 13.5. The number of nitrogens with zero attached hydrogens (tertiary/aromatic N) is 2. The second kappa shape index (κ2) is 7.42. The highest BCUT2D eigenvalue weighted by Crippen LogP contribution is 2.33. The van der Waals surface area contributed by atoms with E-state index in [9.17, 15) is 9.18 Å². The molecule has 2 aromatic carbocycles. The molecule has 0 bridgehead atoms. The van der Waals surface area contributed by atoms with Gasteiger partial charge >= 0.3 is 6.09 Å². The van der Waals surface area contributed by atoms with Crippen molar-refractivity contribution in [1.82, 2.24) is 15.2 Å². The fourth-order valence-electron chi connectivity index (χ4n) is 3.75. The normalized spacial score (nSPS) is 15.9. The van der Waals surface area contributed by atoms with Gasteiger partial charge in [0.15, 0.2) is 0 Å². The first kappa shape index (κ1) is 18.6. The standard InChI is InChI=1S/C22H16ClFN4O2/c23-17-8-12(1-2-18(17)24)7-15-9-14-10-16-20(11-19(14)26-22(29)30-15)27-28-21(16)13-3-5-25-6-4-13/h1-6,8,10-11,15H,7,9H2,(H,26,29)(H,27,28). The molecule has 4 aromatic rings. The van der Waals surface area contributed by atoms with Crippen molar-refractivity contribution in [3.8, 4) is 11.3 Å². The lowest BCUT2D eigenvalue weighted by Crippen LogP contribution is -2.22. The first-order valence-electron chi connectivity index (χ1n) is 9.40. The minimum absolute atomic E-state index is 0.0491. The first-order valence-corrected chi connectivity index (χ1v) is 9.77. The van der Waals surface area contributed by atoms with Gasteiger partial charge in [-0.15, -0.1) is 0 Å². The molecule has 0 spiro atoms. The van der Waals surface area contributed by atoms with Crippen molar-refractivity contribution < 1.29 is 13.9 Å². The van der Waals surface area contributed by atoms with Gasteiger partial charge in [0.1, 0.15) is 17.6 Å². The van der Waals surface area contributed by atoms with Crippen molar-refractivity contribution in [2.24, 2.45) is 0 Å². The van der Waals surface area contributed by atoms with Crippen LogP contribution < -0.4 is 5.32 Å². The van der Waals surface area contributed by atoms with Crippen LogP contribution in [0.2, 0.25) is 5.02 Å². The van der Waals surface area contributed by atoms with E-state index in [0.717, 1.165) is 33.3 Å². The topological polar surface area (TPSA) is 79.9 Å². The molecule has 1 aliphatic rings. The smallest absolute Gasteiger partial charge is 0.411 e. The molecule has 1 unspecified atom stereocenters. The SMILES string of the molecule is O=C1Nc2cc3[nH]nc(-c4ccncc4)c3cc2CC(Cc2ccc(F)c(Cl)c2)O1. The third kappa shape index (κ3) is 3.48. The Morgan fingerprint density at radius 1 is 1.17 bits per heavy atom. The van der Waals surface area contributed by atoms with Crippen molar-refractivity contribution in [2.75, 3.05) is 5.32 Å². The average molecular weight is 423 g/mol. The van der Waals surface area contributed by atoms with E-state index in [-0.39, 0.29) is 5.02 Å². The summed E-state index contributed by atoms with van der Waals surface area (Å²) in [6.07, 6.45) is 3.42. The van der Waals surface area contributed by atoms with Crippen LogP contribution in [0.3, 0.4) is 0 Å². The zero-order valence-corrected chi connectivity index (χ0v) is 16.4. The number of nitrogens with one attached hydrogen (secondary N) is 2. The van der Waals surface area contributed by atoms with Gasteiger partial charge in [-0.1, -0.05) is 17.7 Å². The lowest BCUT2D eigenvalue weighted by Gasteiger charge is -2.15. The van der Waals surface area contributed by atoms with E-state index in [2.05, 4.69) is 20.5 Å². The number of pyridine rings is 1. The number of aromatic nitrogens is 3. The van der Waals surface area contributed by atoms with Crippen LogP contribution in [0, 0.1) is 5.82 Å². The lowest BCUT2D eigenvalue weighted by molar-refractivity contribution is 0.113. The number of benzene rings is 2. The molecule has 0 saturated heterocycles. The Morgan fingerprint density at radius 2 is 2.00 bits per heavy atom. The minimum atomic E-state index is -0.528. The largest absolute Gasteiger partial charge is 0.445 e. The van der Waals surface area contributed by atoms with Crippen LogP contribution in [0.1, 0.15) is 11.1 Å². The summed E-state index contributed by atoms with van der Waals surface area (Å²) in [4.78, 5) is 16.3. The summed E-state index contributed by atoms with van der Waals surface area (Å²) >= 11 is 5.89. The number of hydrogen-bond donors (Lipinski definition) is 2. The maximum Gasteiger partial charge on any atom is 0.411 e. The fourth-order valence-corrected chi connectivity index (χ4v) is 3.95. The average Bonchev–Trinajstić information content (AvgIpc) is 3.06. The van der Waals surface area contributed by atoms with E-state index in [4.69, 9.17) is 16.3 Å². The highest BCUT2D eigenvalue weighted by Gasteiger charge is 2.24. The van der Waals surface area contributed by atoms with Crippen molar-refractivity contribution in [3.05, 3.63) is 76.8 Å². The third-order valence-corrected chi connectivity index (χ3v) is 5.44. The highest BCUT2D eigenvalue weighted by atomic mass is 35.5. The number of rotatable bonds is 3. The van der Waals surface area contributed by atoms with Gasteiger partial charge in [0, 0.05) is 41.9 Å². The van der Waals surface area contributed by atoms with Gasteiger partial charge in [0.25, 0.3) is 0 Å². The van der Waals surface area contributed by atoms with Crippen LogP contribution in [0.15, 0.2) is 54.9 Å². The zero-order chi connectivity index (χ0) is 20.7. The summed E-state index contributed by atoms with van der Waals surface area (Å²) in [5.41, 5.74) is 4.98. The molecule has 6 nitrogen and oxygen atoms in total. The third-order valence-electron chi connectivity index (χ3n) is 5.15. The molecule has 2 aromatic heterocycles. The van der Waals surface area contributed by atoms with Gasteiger partial charge in [0.05, 0.1) is 10.5 Å². The van der Waals surface area contributed by atoms with E-state index in [1.165, 1.54) is 6.07 Å². The molecule has 5 rings (SSSR count). The molecule has 150 valence electrons. The molecule has 8 heteroatoms. The second-order valence-corrected chi connectivity index (χ2v) is 7.58. The molecular formula is C22H16ClFN4O2. The number of fused-ring (bicyclic) bond motifs is 2. The van der Waals surface area contributed by atoms with Crippen molar-refractivity contribution >= 4 is 34.3 Å². The Morgan fingerprint density at radius 3 is 2.80 bits per heavy atom. The van der Waals surface area contributed by atoms with Gasteiger partial charge in [-0.25, -0.2) is 9.18 Å². The van der Waals surface area contributed by atoms with E-state index < -0.39 is 18.0 Å². The van der Waals surface area contributed by atoms with Crippen molar-refractivity contribution in [2.45, 2.75) is 18.9 Å². The molecule has 0 radical (unpaired) electrons. The molecule has 1 atom stereocenters. The number of amides is 1. The predicted molar refractivity (Wildman–Crippen MR) is 112 cm³/mol.